The Balaban J connectivity index is 1.14. The smallest absolute Gasteiger partial charge is 0.364 e. The Hall–Kier alpha value is -5.00. The summed E-state index contributed by atoms with van der Waals surface area (Å²) in [5.41, 5.74) is 0. The molecule has 8 heterocycles. The minimum absolute atomic E-state index is 0.0763. The fourth-order valence-corrected chi connectivity index (χ4v) is 19.6. The van der Waals surface area contributed by atoms with Crippen molar-refractivity contribution in [3.8, 4) is 0 Å². The summed E-state index contributed by atoms with van der Waals surface area (Å²) in [6.45, 7) is -2.30. The molecule has 8 fully saturated rings. The van der Waals surface area contributed by atoms with E-state index in [0.29, 0.717) is 12.8 Å². The first kappa shape index (κ1) is 126. The number of hydrogen-bond acceptors (Lipinski definition) is 45. The van der Waals surface area contributed by atoms with Crippen LogP contribution >= 0.6 is 0 Å². The summed E-state index contributed by atoms with van der Waals surface area (Å²) in [6.07, 6.45) is -50.5. The third kappa shape index (κ3) is 35.5. The Kier molecular flexibility index (Phi) is 55.1. The second kappa shape index (κ2) is 63.7. The van der Waals surface area contributed by atoms with Gasteiger partial charge in [0.25, 0.3) is 5.79 Å². The Bertz CT molecular complexity index is 3770. The summed E-state index contributed by atoms with van der Waals surface area (Å²) in [6, 6.07) is -9.28. The van der Waals surface area contributed by atoms with E-state index < -0.39 is 365 Å². The maximum absolute atomic E-state index is 14.1. The zero-order valence-corrected chi connectivity index (χ0v) is 84.0. The van der Waals surface area contributed by atoms with Crippen LogP contribution in [0.3, 0.4) is 0 Å². The Labute approximate surface area is 848 Å². The van der Waals surface area contributed by atoms with Gasteiger partial charge in [-0.15, -0.1) is 0 Å². The molecule has 8 aliphatic rings. The maximum Gasteiger partial charge on any atom is 0.364 e. The van der Waals surface area contributed by atoms with Crippen LogP contribution in [0.5, 0.6) is 0 Å². The minimum atomic E-state index is -3.53. The first-order chi connectivity index (χ1) is 69.8. The molecule has 0 spiro atoms. The fraction of sp³-hybridized carbons (Fsp3) is 0.916. The molecule has 8 aliphatic heterocycles. The van der Waals surface area contributed by atoms with Gasteiger partial charge in [0.05, 0.1) is 83.8 Å². The van der Waals surface area contributed by atoms with Crippen molar-refractivity contribution < 1.29 is 227 Å². The highest BCUT2D eigenvalue weighted by Crippen LogP contribution is 2.44. The van der Waals surface area contributed by atoms with E-state index in [9.17, 15) is 151 Å². The lowest BCUT2D eigenvalue weighted by atomic mass is 9.88. The van der Waals surface area contributed by atoms with E-state index in [-0.39, 0.29) is 6.42 Å². The van der Waals surface area contributed by atoms with Gasteiger partial charge < -0.3 is 225 Å². The number of carbonyl (C=O) groups is 6. The molecular formula is C95H167N5O46. The Morgan fingerprint density at radius 3 is 1.14 bits per heavy atom. The number of unbranched alkanes of at least 4 members (excludes halogenated alkanes) is 25. The van der Waals surface area contributed by atoms with E-state index in [1.165, 1.54) is 96.0 Å². The fourth-order valence-electron chi connectivity index (χ4n) is 19.6. The molecule has 0 aliphatic carbocycles. The molecule has 51 heteroatoms. The van der Waals surface area contributed by atoms with Crippen molar-refractivity contribution in [2.75, 3.05) is 59.5 Å². The number of rotatable bonds is 63. The molecule has 0 unspecified atom stereocenters. The zero-order valence-electron chi connectivity index (χ0n) is 84.0. The lowest BCUT2D eigenvalue weighted by Crippen LogP contribution is -2.73. The number of hydrogen-bond donors (Lipinski definition) is 29. The van der Waals surface area contributed by atoms with E-state index in [1.807, 2.05) is 0 Å². The largest absolute Gasteiger partial charge is 0.477 e. The van der Waals surface area contributed by atoms with Crippen LogP contribution in [-0.4, -0.2) is 481 Å². The quantitative estimate of drug-likeness (QED) is 0.0199. The van der Waals surface area contributed by atoms with E-state index in [4.69, 9.17) is 75.8 Å². The predicted octanol–water partition coefficient (Wildman–Crippen LogP) is -7.28. The van der Waals surface area contributed by atoms with Gasteiger partial charge in [-0.25, -0.2) is 4.79 Å². The molecule has 0 aromatic heterocycles. The van der Waals surface area contributed by atoms with Gasteiger partial charge >= 0.3 is 5.97 Å². The molecule has 0 aromatic rings. The van der Waals surface area contributed by atoms with Crippen LogP contribution in [0.4, 0.5) is 0 Å². The van der Waals surface area contributed by atoms with Crippen LogP contribution in [0.2, 0.25) is 0 Å². The number of carboxylic acid groups (broad SMARTS) is 1. The van der Waals surface area contributed by atoms with Crippen molar-refractivity contribution in [2.45, 2.75) is 491 Å². The van der Waals surface area contributed by atoms with Gasteiger partial charge in [0, 0.05) is 40.5 Å². The molecule has 8 saturated heterocycles. The molecule has 43 atom stereocenters. The molecule has 0 radical (unpaired) electrons. The number of aliphatic hydroxyl groups is 23. The van der Waals surface area contributed by atoms with E-state index in [1.54, 1.807) is 6.08 Å². The highest BCUT2D eigenvalue weighted by Gasteiger charge is 2.64. The second-order valence-corrected chi connectivity index (χ2v) is 39.2. The summed E-state index contributed by atoms with van der Waals surface area (Å²) >= 11 is 0. The molecule has 146 heavy (non-hydrogen) atoms. The number of carbonyl (C=O) groups excluding carboxylic acids is 5. The van der Waals surface area contributed by atoms with Crippen molar-refractivity contribution in [3.05, 3.63) is 12.2 Å². The highest BCUT2D eigenvalue weighted by atomic mass is 16.8. The van der Waals surface area contributed by atoms with Crippen LogP contribution in [0, 0.1) is 0 Å². The van der Waals surface area contributed by atoms with Crippen LogP contribution < -0.4 is 26.6 Å². The van der Waals surface area contributed by atoms with E-state index >= 15 is 0 Å². The average molecular weight is 2120 g/mol. The van der Waals surface area contributed by atoms with Crippen LogP contribution in [0.15, 0.2) is 12.2 Å². The van der Waals surface area contributed by atoms with Crippen LogP contribution in [0.25, 0.3) is 0 Å². The van der Waals surface area contributed by atoms with Gasteiger partial charge in [-0.2, -0.15) is 0 Å². The summed E-state index contributed by atoms with van der Waals surface area (Å²) in [7, 11) is 0. The Morgan fingerprint density at radius 1 is 0.356 bits per heavy atom. The standard InChI is InChI=1S/C95H167N5O46/c1-7-9-11-13-15-17-19-21-22-24-26-28-30-32-34-36-62(116)100-51(52(113)35-33-31-29-27-25-23-20-18-16-14-12-10-8-2)46-131-90-76(126)74(124)79(59(43-106)136-90)139-92-77(127)85(80(60(44-107)137-92)140-88-65(98-49(5)111)82(70(120)57(41-104)133-88)142-91-75(125)73(123)69(119)56(40-103)135-91)144-89-66(99-50(6)112)83(71(121)58(42-105)134-89)143-93-78(128)86(81(61(45-108)138-93)141-87-64(97-48(4)110)72(122)68(118)55(39-102)132-87)146-95(94(129)130)37-53(114)63(96-47(3)109)84(145-95)67(117)54(115)38-101/h33,35,51-61,63-93,101-108,113-115,117-128H,7-32,34,36-46H2,1-6H3,(H,96,109)(H,97,110)(H,98,111)(H,99,112)(H,100,116)(H,129,130)/b35-33+/t51-,52+,53-,54+,55+,56+,57+,58+,59+,60+,61+,63+,64+,65+,66+,67+,68-,69-,70-,71+,72+,73-,74+,75+,76+,77+,78+,79+,80-,81-,82+,83+,84+,85+,86+,87-,88-,89-,90+,91-,92-,93-,95-/m0/s1. The summed E-state index contributed by atoms with van der Waals surface area (Å²) in [5, 5.41) is 287. The average Bonchev–Trinajstić information content (AvgIpc) is 0.727. The van der Waals surface area contributed by atoms with Gasteiger partial charge in [-0.05, 0) is 19.3 Å². The highest BCUT2D eigenvalue weighted by molar-refractivity contribution is 5.77. The number of allylic oxidation sites excluding steroid dienone is 1. The molecule has 0 aromatic carbocycles. The SMILES string of the molecule is CCCCCCCCCCCCC/C=C/[C@@H](O)[C@H](CO[C@@H]1O[C@H](CO)[C@@H](O[C@@H]2O[C@H](CO)[C@H](O[C@@H]3O[C@H](CO)[C@H](O)[C@H](O[C@@H]4O[C@H](CO)[C@H](O)[C@H](O)[C@H]4O)[C@H]3NC(C)=O)[C@H](O[C@@H]3O[C@H](CO)[C@@H](O)[C@H](O[C@@H]4O[C@H](CO)[C@H](O[C@@H]5O[C@H](CO)[C@H](O)[C@H](O)[C@H]5NC(C)=O)[C@H](O[C@]5(C(=O)O)C[C@H](O)[C@@H](NC(C)=O)[C@H]([C@H](O)[C@H](O)CO)O5)[C@H]4O)[C@H]3NC(C)=O)[C@H]2O)[C@H](O)[C@H]1O)NC(=O)CCCCCCCCCCCCCCCCC. The van der Waals surface area contributed by atoms with Crippen molar-refractivity contribution in [1.82, 2.24) is 26.6 Å². The maximum atomic E-state index is 14.1. The summed E-state index contributed by atoms with van der Waals surface area (Å²) in [5.74, 6) is -10.2. The Morgan fingerprint density at radius 2 is 0.699 bits per heavy atom. The van der Waals surface area contributed by atoms with Gasteiger partial charge in [-0.3, -0.25) is 24.0 Å². The van der Waals surface area contributed by atoms with Gasteiger partial charge in [0.2, 0.25) is 29.5 Å². The lowest BCUT2D eigenvalue weighted by molar-refractivity contribution is -0.405. The molecule has 5 amide bonds. The van der Waals surface area contributed by atoms with E-state index in [2.05, 4.69) is 40.4 Å². The van der Waals surface area contributed by atoms with Crippen molar-refractivity contribution in [3.63, 3.8) is 0 Å². The monoisotopic (exact) mass is 2110 g/mol. The summed E-state index contributed by atoms with van der Waals surface area (Å²) < 4.78 is 98.8. The number of amides is 5. The predicted molar refractivity (Wildman–Crippen MR) is 499 cm³/mol. The summed E-state index contributed by atoms with van der Waals surface area (Å²) in [4.78, 5) is 80.8. The first-order valence-electron chi connectivity index (χ1n) is 51.6. The molecule has 51 nitrogen and oxygen atoms in total. The van der Waals surface area contributed by atoms with Crippen molar-refractivity contribution >= 4 is 35.5 Å². The zero-order chi connectivity index (χ0) is 107. The van der Waals surface area contributed by atoms with Crippen molar-refractivity contribution in [2.24, 2.45) is 0 Å². The lowest BCUT2D eigenvalue weighted by Gasteiger charge is -2.53. The molecule has 0 saturated carbocycles. The van der Waals surface area contributed by atoms with Gasteiger partial charge in [0.15, 0.2) is 44.0 Å². The second-order valence-electron chi connectivity index (χ2n) is 39.2. The van der Waals surface area contributed by atoms with Crippen LogP contribution in [0.1, 0.15) is 228 Å². The van der Waals surface area contributed by atoms with Crippen LogP contribution in [-0.2, 0) is 105 Å². The topological polar surface area (TPSA) is 796 Å². The number of aliphatic carboxylic acids is 1. The molecular weight excluding hydrogens is 1950 g/mol. The van der Waals surface area contributed by atoms with Gasteiger partial charge in [-0.1, -0.05) is 180 Å². The first-order valence-corrected chi connectivity index (χ1v) is 51.6. The number of ether oxygens (including phenoxy) is 16. The third-order valence-corrected chi connectivity index (χ3v) is 27.7. The molecule has 0 bridgehead atoms. The molecule has 848 valence electrons. The van der Waals surface area contributed by atoms with Gasteiger partial charge in [0.1, 0.15) is 189 Å². The van der Waals surface area contributed by atoms with Crippen molar-refractivity contribution in [1.29, 1.82) is 0 Å². The number of aliphatic hydroxyl groups excluding tert-OH is 23. The number of nitrogens with one attached hydrogen (secondary N) is 5. The normalized spacial score (nSPS) is 38.0. The minimum Gasteiger partial charge on any atom is -0.477 e. The number of carboxylic acids is 1. The molecule has 8 rings (SSSR count). The third-order valence-electron chi connectivity index (χ3n) is 27.7. The van der Waals surface area contributed by atoms with E-state index in [0.717, 1.165) is 98.3 Å². The molecule has 29 N–H and O–H groups in total.